The maximum absolute atomic E-state index is 9.81. The minimum atomic E-state index is -0.833. The zero-order valence-electron chi connectivity index (χ0n) is 7.08. The van der Waals surface area contributed by atoms with Crippen LogP contribution in [0.25, 0.3) is 0 Å². The first-order valence-electron chi connectivity index (χ1n) is 2.74. The van der Waals surface area contributed by atoms with Crippen LogP contribution < -0.4 is 0 Å². The quantitative estimate of drug-likeness (QED) is 0.393. The number of hydrogen-bond donors (Lipinski definition) is 1. The summed E-state index contributed by atoms with van der Waals surface area (Å²) < 4.78 is 3.97. The van der Waals surface area contributed by atoms with Crippen molar-refractivity contribution in [3.8, 4) is 0 Å². The molecule has 0 rings (SSSR count). The second-order valence-electron chi connectivity index (χ2n) is 1.60. The molecule has 0 heterocycles. The summed E-state index contributed by atoms with van der Waals surface area (Å²) in [5.41, 5.74) is 0. The Kier molecular flexibility index (Phi) is 13.5. The molecule has 0 unspecified atom stereocenters. The first-order chi connectivity index (χ1) is 4.86. The second-order valence-corrected chi connectivity index (χ2v) is 1.60. The summed E-state index contributed by atoms with van der Waals surface area (Å²) in [4.78, 5) is 28.6. The molecule has 0 radical (unpaired) electrons. The summed E-state index contributed by atoms with van der Waals surface area (Å²) in [5.74, 6) is -1.96. The number of ether oxygens (including phenoxy) is 1. The lowest BCUT2D eigenvalue weighted by molar-refractivity contribution is -0.156. The number of carboxylic acid groups (broad SMARTS) is 1. The molecule has 0 aliphatic carbocycles. The third kappa shape index (κ3) is 74.4. The summed E-state index contributed by atoms with van der Waals surface area (Å²) in [6.07, 6.45) is 0. The molecule has 0 bridgehead atoms. The standard InChI is InChI=1S/C4H6O3.C2H4O2.H2O/c1-3(5)7-4(2)6;1-2(3)4;/h1-2H3;1H3,(H,3,4);1H2. The molecule has 6 heteroatoms. The van der Waals surface area contributed by atoms with Crippen LogP contribution in [0.5, 0.6) is 0 Å². The van der Waals surface area contributed by atoms with Crippen LogP contribution >= 0.6 is 0 Å². The van der Waals surface area contributed by atoms with Gasteiger partial charge in [-0.05, 0) is 0 Å². The van der Waals surface area contributed by atoms with E-state index < -0.39 is 17.9 Å². The van der Waals surface area contributed by atoms with Crippen molar-refractivity contribution >= 4 is 17.9 Å². The number of carboxylic acids is 1. The highest BCUT2D eigenvalue weighted by Gasteiger charge is 1.93. The summed E-state index contributed by atoms with van der Waals surface area (Å²) in [6, 6.07) is 0. The van der Waals surface area contributed by atoms with E-state index in [2.05, 4.69) is 4.74 Å². The predicted molar refractivity (Wildman–Crippen MR) is 39.4 cm³/mol. The maximum Gasteiger partial charge on any atom is 0.310 e. The largest absolute Gasteiger partial charge is 0.481 e. The molecule has 0 aromatic carbocycles. The molecule has 0 spiro atoms. The van der Waals surface area contributed by atoms with Gasteiger partial charge in [-0.25, -0.2) is 0 Å². The summed E-state index contributed by atoms with van der Waals surface area (Å²) in [5, 5.41) is 7.42. The van der Waals surface area contributed by atoms with Crippen LogP contribution in [0.2, 0.25) is 0 Å². The van der Waals surface area contributed by atoms with Crippen LogP contribution in [0.1, 0.15) is 20.8 Å². The van der Waals surface area contributed by atoms with Gasteiger partial charge < -0.3 is 15.3 Å². The highest BCUT2D eigenvalue weighted by molar-refractivity contribution is 5.82. The number of carbonyl (C=O) groups is 3. The van der Waals surface area contributed by atoms with Crippen LogP contribution in [0.15, 0.2) is 0 Å². The van der Waals surface area contributed by atoms with E-state index in [4.69, 9.17) is 9.90 Å². The Balaban J connectivity index is -0.000000142. The van der Waals surface area contributed by atoms with E-state index in [-0.39, 0.29) is 5.48 Å². The number of hydrogen-bond acceptors (Lipinski definition) is 4. The second kappa shape index (κ2) is 9.57. The molecule has 0 fully saturated rings. The molecule has 0 saturated heterocycles. The van der Waals surface area contributed by atoms with E-state index in [9.17, 15) is 9.59 Å². The molecule has 0 aromatic heterocycles. The summed E-state index contributed by atoms with van der Waals surface area (Å²) in [6.45, 7) is 3.45. The van der Waals surface area contributed by atoms with Crippen LogP contribution in [-0.2, 0) is 19.1 Å². The van der Waals surface area contributed by atoms with E-state index in [0.717, 1.165) is 6.92 Å². The van der Waals surface area contributed by atoms with Gasteiger partial charge >= 0.3 is 11.9 Å². The highest BCUT2D eigenvalue weighted by Crippen LogP contribution is 1.73. The van der Waals surface area contributed by atoms with Gasteiger partial charge in [0.2, 0.25) is 0 Å². The molecule has 0 aromatic rings. The van der Waals surface area contributed by atoms with Gasteiger partial charge in [-0.3, -0.25) is 14.4 Å². The van der Waals surface area contributed by atoms with Crippen molar-refractivity contribution < 1.29 is 29.7 Å². The van der Waals surface area contributed by atoms with Crippen LogP contribution in [0.3, 0.4) is 0 Å². The van der Waals surface area contributed by atoms with Crippen molar-refractivity contribution in [2.75, 3.05) is 0 Å². The minimum Gasteiger partial charge on any atom is -0.481 e. The van der Waals surface area contributed by atoms with Crippen molar-refractivity contribution in [3.05, 3.63) is 0 Å². The Morgan fingerprint density at radius 2 is 1.17 bits per heavy atom. The Morgan fingerprint density at radius 1 is 1.00 bits per heavy atom. The molecular weight excluding hydrogens is 168 g/mol. The molecule has 0 aliphatic rings. The molecular formula is C6H12O6. The van der Waals surface area contributed by atoms with Gasteiger partial charge in [0.1, 0.15) is 0 Å². The van der Waals surface area contributed by atoms with E-state index in [1.165, 1.54) is 13.8 Å². The number of aliphatic carboxylic acids is 1. The molecule has 0 aliphatic heterocycles. The van der Waals surface area contributed by atoms with Gasteiger partial charge in [-0.2, -0.15) is 0 Å². The van der Waals surface area contributed by atoms with Crippen LogP contribution in [-0.4, -0.2) is 28.5 Å². The fraction of sp³-hybridized carbons (Fsp3) is 0.500. The Hall–Kier alpha value is -1.43. The van der Waals surface area contributed by atoms with Crippen molar-refractivity contribution in [2.45, 2.75) is 20.8 Å². The Morgan fingerprint density at radius 3 is 1.17 bits per heavy atom. The first kappa shape index (κ1) is 16.9. The van der Waals surface area contributed by atoms with E-state index in [1.807, 2.05) is 0 Å². The lowest BCUT2D eigenvalue weighted by atomic mass is 10.7. The van der Waals surface area contributed by atoms with E-state index in [0.29, 0.717) is 0 Å². The fourth-order valence-electron chi connectivity index (χ4n) is 0.202. The molecule has 3 N–H and O–H groups in total. The average molecular weight is 180 g/mol. The molecule has 12 heavy (non-hydrogen) atoms. The highest BCUT2D eigenvalue weighted by atomic mass is 16.6. The first-order valence-corrected chi connectivity index (χ1v) is 2.74. The average Bonchev–Trinajstić information content (AvgIpc) is 1.56. The zero-order chi connectivity index (χ0) is 9.44. The SMILES string of the molecule is CC(=O)O.CC(=O)OC(C)=O.O. The third-order valence-corrected chi connectivity index (χ3v) is 0.287. The molecule has 0 atom stereocenters. The molecule has 0 amide bonds. The topological polar surface area (TPSA) is 112 Å². The van der Waals surface area contributed by atoms with Crippen LogP contribution in [0.4, 0.5) is 0 Å². The van der Waals surface area contributed by atoms with Crippen molar-refractivity contribution in [1.29, 1.82) is 0 Å². The van der Waals surface area contributed by atoms with Gasteiger partial charge in [0, 0.05) is 20.8 Å². The smallest absolute Gasteiger partial charge is 0.310 e. The van der Waals surface area contributed by atoms with Gasteiger partial charge in [-0.1, -0.05) is 0 Å². The maximum atomic E-state index is 9.81. The number of esters is 2. The van der Waals surface area contributed by atoms with Crippen molar-refractivity contribution in [3.63, 3.8) is 0 Å². The number of carbonyl (C=O) groups excluding carboxylic acids is 2. The third-order valence-electron chi connectivity index (χ3n) is 0.287. The lowest BCUT2D eigenvalue weighted by Gasteiger charge is -1.87. The van der Waals surface area contributed by atoms with Crippen molar-refractivity contribution in [2.24, 2.45) is 0 Å². The Bertz CT molecular complexity index is 145. The van der Waals surface area contributed by atoms with Gasteiger partial charge in [0.05, 0.1) is 0 Å². The van der Waals surface area contributed by atoms with Gasteiger partial charge in [0.15, 0.2) is 0 Å². The van der Waals surface area contributed by atoms with E-state index >= 15 is 0 Å². The summed E-state index contributed by atoms with van der Waals surface area (Å²) >= 11 is 0. The normalized spacial score (nSPS) is 6.58. The molecule has 72 valence electrons. The lowest BCUT2D eigenvalue weighted by Crippen LogP contribution is -2.03. The van der Waals surface area contributed by atoms with Gasteiger partial charge in [-0.15, -0.1) is 0 Å². The zero-order valence-corrected chi connectivity index (χ0v) is 7.08. The van der Waals surface area contributed by atoms with Gasteiger partial charge in [0.25, 0.3) is 5.97 Å². The molecule has 0 saturated carbocycles. The number of rotatable bonds is 0. The summed E-state index contributed by atoms with van der Waals surface area (Å²) in [7, 11) is 0. The molecule has 6 nitrogen and oxygen atoms in total. The van der Waals surface area contributed by atoms with Crippen molar-refractivity contribution in [1.82, 2.24) is 0 Å². The van der Waals surface area contributed by atoms with E-state index in [1.54, 1.807) is 0 Å². The van der Waals surface area contributed by atoms with Crippen LogP contribution in [0, 0.1) is 0 Å². The predicted octanol–water partition coefficient (Wildman–Crippen LogP) is -0.638. The monoisotopic (exact) mass is 180 g/mol. The fourth-order valence-corrected chi connectivity index (χ4v) is 0.202. The minimum absolute atomic E-state index is 0. The Labute approximate surface area is 69.4 Å².